The second-order valence-electron chi connectivity index (χ2n) is 4.07. The first-order chi connectivity index (χ1) is 8.42. The topological polar surface area (TPSA) is 37.8 Å². The third kappa shape index (κ3) is 2.36. The van der Waals surface area contributed by atoms with E-state index >= 15 is 0 Å². The van der Waals surface area contributed by atoms with Gasteiger partial charge in [0.15, 0.2) is 5.82 Å². The molecule has 0 unspecified atom stereocenters. The van der Waals surface area contributed by atoms with Crippen LogP contribution in [0.1, 0.15) is 12.8 Å². The van der Waals surface area contributed by atoms with E-state index < -0.39 is 0 Å². The van der Waals surface area contributed by atoms with E-state index in [1.165, 1.54) is 11.5 Å². The van der Waals surface area contributed by atoms with Gasteiger partial charge in [0.2, 0.25) is 5.13 Å². The van der Waals surface area contributed by atoms with E-state index in [1.54, 1.807) is 0 Å². The summed E-state index contributed by atoms with van der Waals surface area (Å²) in [4.78, 5) is 4.51. The molecule has 1 aliphatic carbocycles. The third-order valence-electron chi connectivity index (χ3n) is 2.79. The number of hydrogen-bond acceptors (Lipinski definition) is 4. The molecule has 86 valence electrons. The Labute approximate surface area is 104 Å². The summed E-state index contributed by atoms with van der Waals surface area (Å²) in [5, 5.41) is 4.33. The zero-order valence-electron chi connectivity index (χ0n) is 9.34. The molecule has 0 amide bonds. The number of nitrogens with zero attached hydrogens (tertiary/aromatic N) is 2. The summed E-state index contributed by atoms with van der Waals surface area (Å²) in [7, 11) is 0. The average molecular weight is 243 g/mol. The van der Waals surface area contributed by atoms with Gasteiger partial charge in [-0.15, -0.1) is 0 Å². The van der Waals surface area contributed by atoms with Crippen molar-refractivity contribution >= 4 is 16.7 Å². The molecule has 1 aliphatic rings. The minimum atomic E-state index is 0.492. The molecular formula is C13H13N3S. The van der Waals surface area contributed by atoms with Gasteiger partial charge >= 0.3 is 0 Å². The van der Waals surface area contributed by atoms with Crippen molar-refractivity contribution in [3.63, 3.8) is 0 Å². The molecule has 0 bridgehead atoms. The summed E-state index contributed by atoms with van der Waals surface area (Å²) in [5.74, 6) is 0.809. The number of anilines is 1. The number of rotatable bonds is 3. The number of hydrogen-bond donors (Lipinski definition) is 1. The van der Waals surface area contributed by atoms with Crippen molar-refractivity contribution in [1.82, 2.24) is 9.36 Å². The maximum absolute atomic E-state index is 4.51. The number of aromatic nitrogens is 2. The van der Waals surface area contributed by atoms with Crippen molar-refractivity contribution in [3.05, 3.63) is 42.5 Å². The minimum Gasteiger partial charge on any atom is -0.357 e. The zero-order valence-corrected chi connectivity index (χ0v) is 10.2. The lowest BCUT2D eigenvalue weighted by Gasteiger charge is -2.08. The highest BCUT2D eigenvalue weighted by atomic mass is 32.1. The highest BCUT2D eigenvalue weighted by Crippen LogP contribution is 2.23. The van der Waals surface area contributed by atoms with Crippen LogP contribution in [0.15, 0.2) is 42.5 Å². The van der Waals surface area contributed by atoms with E-state index in [0.717, 1.165) is 29.4 Å². The van der Waals surface area contributed by atoms with Gasteiger partial charge in [0.1, 0.15) is 0 Å². The lowest BCUT2D eigenvalue weighted by atomic mass is 10.2. The molecule has 0 radical (unpaired) electrons. The normalized spacial score (nSPS) is 15.3. The molecule has 0 saturated carbocycles. The second-order valence-corrected chi connectivity index (χ2v) is 4.83. The Morgan fingerprint density at radius 2 is 1.88 bits per heavy atom. The largest absolute Gasteiger partial charge is 0.357 e. The molecule has 1 aromatic heterocycles. The van der Waals surface area contributed by atoms with Gasteiger partial charge in [0.05, 0.1) is 0 Å². The maximum Gasteiger partial charge on any atom is 0.203 e. The van der Waals surface area contributed by atoms with Crippen LogP contribution in [-0.4, -0.2) is 15.4 Å². The van der Waals surface area contributed by atoms with E-state index in [1.807, 2.05) is 30.3 Å². The smallest absolute Gasteiger partial charge is 0.203 e. The Hall–Kier alpha value is -1.68. The van der Waals surface area contributed by atoms with Gasteiger partial charge < -0.3 is 5.32 Å². The summed E-state index contributed by atoms with van der Waals surface area (Å²) in [6.07, 6.45) is 6.58. The van der Waals surface area contributed by atoms with Crippen LogP contribution in [0.2, 0.25) is 0 Å². The van der Waals surface area contributed by atoms with Crippen LogP contribution < -0.4 is 5.32 Å². The first-order valence-electron chi connectivity index (χ1n) is 5.72. The lowest BCUT2D eigenvalue weighted by Crippen LogP contribution is -2.14. The molecule has 0 aliphatic heterocycles. The highest BCUT2D eigenvalue weighted by molar-refractivity contribution is 7.09. The third-order valence-corrected chi connectivity index (χ3v) is 3.44. The van der Waals surface area contributed by atoms with E-state index in [-0.39, 0.29) is 0 Å². The Bertz CT molecular complexity index is 510. The molecule has 0 spiro atoms. The van der Waals surface area contributed by atoms with Gasteiger partial charge in [0, 0.05) is 23.1 Å². The minimum absolute atomic E-state index is 0.492. The summed E-state index contributed by atoms with van der Waals surface area (Å²) >= 11 is 1.43. The predicted octanol–water partition coefficient (Wildman–Crippen LogP) is 3.34. The molecule has 1 heterocycles. The fraction of sp³-hybridized carbons (Fsp3) is 0.231. The van der Waals surface area contributed by atoms with Crippen LogP contribution >= 0.6 is 11.5 Å². The fourth-order valence-electron chi connectivity index (χ4n) is 1.90. The van der Waals surface area contributed by atoms with Gasteiger partial charge in [-0.05, 0) is 12.8 Å². The van der Waals surface area contributed by atoms with Crippen molar-refractivity contribution in [2.45, 2.75) is 18.9 Å². The van der Waals surface area contributed by atoms with Crippen LogP contribution in [0, 0.1) is 0 Å². The van der Waals surface area contributed by atoms with Gasteiger partial charge in [-0.1, -0.05) is 42.5 Å². The first kappa shape index (κ1) is 10.5. The Morgan fingerprint density at radius 3 is 2.65 bits per heavy atom. The second kappa shape index (κ2) is 4.67. The maximum atomic E-state index is 4.51. The van der Waals surface area contributed by atoms with Crippen molar-refractivity contribution < 1.29 is 0 Å². The Kier molecular flexibility index (Phi) is 2.88. The number of nitrogens with one attached hydrogen (secondary N) is 1. The van der Waals surface area contributed by atoms with Crippen molar-refractivity contribution in [2.24, 2.45) is 0 Å². The molecule has 3 rings (SSSR count). The van der Waals surface area contributed by atoms with E-state index in [4.69, 9.17) is 0 Å². The van der Waals surface area contributed by atoms with E-state index in [0.29, 0.717) is 6.04 Å². The molecule has 4 heteroatoms. The molecular weight excluding hydrogens is 230 g/mol. The van der Waals surface area contributed by atoms with Crippen LogP contribution in [0.3, 0.4) is 0 Å². The number of benzene rings is 1. The van der Waals surface area contributed by atoms with Crippen LogP contribution in [0.4, 0.5) is 5.13 Å². The molecule has 3 nitrogen and oxygen atoms in total. The first-order valence-corrected chi connectivity index (χ1v) is 6.50. The summed E-state index contributed by atoms with van der Waals surface area (Å²) in [5.41, 5.74) is 1.07. The monoisotopic (exact) mass is 243 g/mol. The van der Waals surface area contributed by atoms with Gasteiger partial charge in [-0.3, -0.25) is 0 Å². The van der Waals surface area contributed by atoms with Gasteiger partial charge in [-0.25, -0.2) is 0 Å². The molecule has 1 N–H and O–H groups in total. The Balaban J connectivity index is 1.74. The van der Waals surface area contributed by atoms with E-state index in [2.05, 4.69) is 26.8 Å². The summed E-state index contributed by atoms with van der Waals surface area (Å²) in [6, 6.07) is 10.6. The van der Waals surface area contributed by atoms with Crippen molar-refractivity contribution in [2.75, 3.05) is 5.32 Å². The predicted molar refractivity (Wildman–Crippen MR) is 71.1 cm³/mol. The van der Waals surface area contributed by atoms with E-state index in [9.17, 15) is 0 Å². The molecule has 0 saturated heterocycles. The highest BCUT2D eigenvalue weighted by Gasteiger charge is 2.12. The van der Waals surface area contributed by atoms with Crippen molar-refractivity contribution in [3.8, 4) is 11.4 Å². The Morgan fingerprint density at radius 1 is 1.12 bits per heavy atom. The SMILES string of the molecule is C1=CCC(Nc2nc(-c3ccccc3)ns2)C1. The molecule has 2 aromatic rings. The zero-order chi connectivity index (χ0) is 11.5. The van der Waals surface area contributed by atoms with Crippen LogP contribution in [0.5, 0.6) is 0 Å². The summed E-state index contributed by atoms with van der Waals surface area (Å²) < 4.78 is 4.38. The quantitative estimate of drug-likeness (QED) is 0.840. The summed E-state index contributed by atoms with van der Waals surface area (Å²) in [6.45, 7) is 0. The molecule has 0 fully saturated rings. The van der Waals surface area contributed by atoms with Crippen LogP contribution in [0.25, 0.3) is 11.4 Å². The fourth-order valence-corrected chi connectivity index (χ4v) is 2.56. The molecule has 17 heavy (non-hydrogen) atoms. The van der Waals surface area contributed by atoms with Gasteiger partial charge in [-0.2, -0.15) is 9.36 Å². The molecule has 1 aromatic carbocycles. The standard InChI is InChI=1S/C13H13N3S/c1-2-6-10(7-3-1)12-15-13(17-16-12)14-11-8-4-5-9-11/h1-7,11H,8-9H2,(H,14,15,16). The lowest BCUT2D eigenvalue weighted by molar-refractivity contribution is 0.785. The molecule has 0 atom stereocenters. The average Bonchev–Trinajstić information content (AvgIpc) is 3.02. The van der Waals surface area contributed by atoms with Gasteiger partial charge in [0.25, 0.3) is 0 Å². The van der Waals surface area contributed by atoms with Crippen molar-refractivity contribution in [1.29, 1.82) is 0 Å². The van der Waals surface area contributed by atoms with Crippen LogP contribution in [-0.2, 0) is 0 Å².